The third-order valence-electron chi connectivity index (χ3n) is 3.77. The number of rotatable bonds is 3. The van der Waals surface area contributed by atoms with Gasteiger partial charge < -0.3 is 9.47 Å². The summed E-state index contributed by atoms with van der Waals surface area (Å²) in [7, 11) is 1.65. The van der Waals surface area contributed by atoms with Gasteiger partial charge in [0.25, 0.3) is 0 Å². The molecule has 1 unspecified atom stereocenters. The van der Waals surface area contributed by atoms with E-state index in [0.717, 1.165) is 48.5 Å². The van der Waals surface area contributed by atoms with Gasteiger partial charge in [0, 0.05) is 36.7 Å². The lowest BCUT2D eigenvalue weighted by molar-refractivity contribution is -0.0212. The summed E-state index contributed by atoms with van der Waals surface area (Å²) in [4.78, 5) is 6.85. The zero-order valence-electron chi connectivity index (χ0n) is 12.3. The van der Waals surface area contributed by atoms with E-state index in [2.05, 4.69) is 22.9 Å². The van der Waals surface area contributed by atoms with Gasteiger partial charge in [-0.3, -0.25) is 4.90 Å². The second-order valence-electron chi connectivity index (χ2n) is 5.41. The van der Waals surface area contributed by atoms with E-state index >= 15 is 0 Å². The number of halogens is 1. The molecule has 1 atom stereocenters. The van der Waals surface area contributed by atoms with Crippen LogP contribution in [0.5, 0.6) is 5.75 Å². The van der Waals surface area contributed by atoms with Crippen LogP contribution >= 0.6 is 11.6 Å². The number of fused-ring (bicyclic) bond motifs is 1. The maximum absolute atomic E-state index is 6.34. The zero-order chi connectivity index (χ0) is 14.8. The van der Waals surface area contributed by atoms with Gasteiger partial charge in [0.15, 0.2) is 0 Å². The van der Waals surface area contributed by atoms with Crippen molar-refractivity contribution in [3.8, 4) is 5.75 Å². The normalized spacial score (nSPS) is 19.9. The van der Waals surface area contributed by atoms with Gasteiger partial charge in [-0.25, -0.2) is 4.98 Å². The first-order chi connectivity index (χ1) is 10.2. The number of morpholine rings is 1. The molecular formula is C16H19ClN2O2. The number of methoxy groups -OCH3 is 1. The summed E-state index contributed by atoms with van der Waals surface area (Å²) in [5.41, 5.74) is 1.92. The monoisotopic (exact) mass is 306 g/mol. The van der Waals surface area contributed by atoms with Crippen LogP contribution in [0.1, 0.15) is 12.5 Å². The van der Waals surface area contributed by atoms with Gasteiger partial charge >= 0.3 is 0 Å². The molecule has 2 aromatic rings. The van der Waals surface area contributed by atoms with Crippen LogP contribution in [-0.4, -0.2) is 42.8 Å². The van der Waals surface area contributed by atoms with Crippen molar-refractivity contribution in [1.82, 2.24) is 9.88 Å². The van der Waals surface area contributed by atoms with Gasteiger partial charge in [-0.1, -0.05) is 11.6 Å². The topological polar surface area (TPSA) is 34.6 Å². The molecule has 5 heteroatoms. The Bertz CT molecular complexity index is 647. The fraction of sp³-hybridized carbons (Fsp3) is 0.438. The van der Waals surface area contributed by atoms with Crippen molar-refractivity contribution in [3.63, 3.8) is 0 Å². The van der Waals surface area contributed by atoms with Crippen LogP contribution in [0.25, 0.3) is 10.9 Å². The summed E-state index contributed by atoms with van der Waals surface area (Å²) in [5.74, 6) is 0.792. The van der Waals surface area contributed by atoms with Gasteiger partial charge in [0.05, 0.1) is 25.3 Å². The third-order valence-corrected chi connectivity index (χ3v) is 4.10. The molecule has 21 heavy (non-hydrogen) atoms. The summed E-state index contributed by atoms with van der Waals surface area (Å²) < 4.78 is 10.8. The fourth-order valence-electron chi connectivity index (χ4n) is 2.68. The molecule has 1 aromatic heterocycles. The molecule has 1 aliphatic rings. The number of hydrogen-bond donors (Lipinski definition) is 0. The largest absolute Gasteiger partial charge is 0.497 e. The van der Waals surface area contributed by atoms with Crippen LogP contribution in [0.4, 0.5) is 0 Å². The molecule has 1 saturated heterocycles. The van der Waals surface area contributed by atoms with Crippen LogP contribution in [0.3, 0.4) is 0 Å². The first-order valence-corrected chi connectivity index (χ1v) is 7.50. The first kappa shape index (κ1) is 14.6. The Morgan fingerprint density at radius 1 is 1.43 bits per heavy atom. The number of aromatic nitrogens is 1. The van der Waals surface area contributed by atoms with Crippen molar-refractivity contribution in [2.45, 2.75) is 19.6 Å². The van der Waals surface area contributed by atoms with Crippen LogP contribution in [0.15, 0.2) is 24.3 Å². The Morgan fingerprint density at radius 2 is 2.29 bits per heavy atom. The average molecular weight is 307 g/mol. The summed E-state index contributed by atoms with van der Waals surface area (Å²) in [5, 5.41) is 1.64. The molecule has 0 radical (unpaired) electrons. The van der Waals surface area contributed by atoms with E-state index < -0.39 is 0 Å². The molecule has 2 heterocycles. The van der Waals surface area contributed by atoms with Crippen molar-refractivity contribution in [2.75, 3.05) is 26.8 Å². The molecule has 0 bridgehead atoms. The highest BCUT2D eigenvalue weighted by Crippen LogP contribution is 2.25. The van der Waals surface area contributed by atoms with E-state index in [-0.39, 0.29) is 6.10 Å². The fourth-order valence-corrected chi connectivity index (χ4v) is 2.89. The standard InChI is InChI=1S/C16H19ClN2O2/c1-11-9-19(5-6-21-11)10-13-7-12-3-4-14(20-2)8-15(12)18-16(13)17/h3-4,7-8,11H,5-6,9-10H2,1-2H3. The Labute approximate surface area is 129 Å². The number of ether oxygens (including phenoxy) is 2. The quantitative estimate of drug-likeness (QED) is 0.816. The van der Waals surface area contributed by atoms with Crippen LogP contribution in [0.2, 0.25) is 5.15 Å². The molecule has 112 valence electrons. The minimum atomic E-state index is 0.273. The SMILES string of the molecule is COc1ccc2cc(CN3CCOC(C)C3)c(Cl)nc2c1. The van der Waals surface area contributed by atoms with Gasteiger partial charge in [0.1, 0.15) is 10.9 Å². The Balaban J connectivity index is 1.86. The van der Waals surface area contributed by atoms with Crippen LogP contribution < -0.4 is 4.74 Å². The highest BCUT2D eigenvalue weighted by Gasteiger charge is 2.18. The van der Waals surface area contributed by atoms with Gasteiger partial charge in [-0.2, -0.15) is 0 Å². The van der Waals surface area contributed by atoms with E-state index in [0.29, 0.717) is 5.15 Å². The predicted octanol–water partition coefficient (Wildman–Crippen LogP) is 3.12. The molecule has 1 aromatic carbocycles. The lowest BCUT2D eigenvalue weighted by Crippen LogP contribution is -2.40. The lowest BCUT2D eigenvalue weighted by atomic mass is 10.1. The lowest BCUT2D eigenvalue weighted by Gasteiger charge is -2.31. The second-order valence-corrected chi connectivity index (χ2v) is 5.77. The molecule has 1 aliphatic heterocycles. The first-order valence-electron chi connectivity index (χ1n) is 7.13. The molecule has 0 saturated carbocycles. The Kier molecular flexibility index (Phi) is 4.29. The van der Waals surface area contributed by atoms with Gasteiger partial charge in [0.2, 0.25) is 0 Å². The third kappa shape index (κ3) is 3.28. The van der Waals surface area contributed by atoms with Crippen molar-refractivity contribution >= 4 is 22.5 Å². The predicted molar refractivity (Wildman–Crippen MR) is 84.0 cm³/mol. The second kappa shape index (κ2) is 6.18. The summed E-state index contributed by atoms with van der Waals surface area (Å²) in [6.45, 7) is 5.54. The number of pyridine rings is 1. The van der Waals surface area contributed by atoms with E-state index in [1.165, 1.54) is 0 Å². The molecule has 1 fully saturated rings. The van der Waals surface area contributed by atoms with E-state index in [1.807, 2.05) is 18.2 Å². The smallest absolute Gasteiger partial charge is 0.134 e. The number of hydrogen-bond acceptors (Lipinski definition) is 4. The molecule has 0 spiro atoms. The number of nitrogens with zero attached hydrogens (tertiary/aromatic N) is 2. The van der Waals surface area contributed by atoms with Crippen molar-refractivity contribution < 1.29 is 9.47 Å². The van der Waals surface area contributed by atoms with Gasteiger partial charge in [-0.15, -0.1) is 0 Å². The zero-order valence-corrected chi connectivity index (χ0v) is 13.1. The Hall–Kier alpha value is -1.36. The van der Waals surface area contributed by atoms with E-state index in [4.69, 9.17) is 21.1 Å². The average Bonchev–Trinajstić information content (AvgIpc) is 2.47. The van der Waals surface area contributed by atoms with Crippen molar-refractivity contribution in [2.24, 2.45) is 0 Å². The molecule has 0 amide bonds. The minimum absolute atomic E-state index is 0.273. The molecule has 3 rings (SSSR count). The van der Waals surface area contributed by atoms with Crippen LogP contribution in [0, 0.1) is 0 Å². The minimum Gasteiger partial charge on any atom is -0.497 e. The Morgan fingerprint density at radius 3 is 3.05 bits per heavy atom. The summed E-state index contributed by atoms with van der Waals surface area (Å²) in [6.07, 6.45) is 0.273. The van der Waals surface area contributed by atoms with E-state index in [1.54, 1.807) is 7.11 Å². The molecule has 0 aliphatic carbocycles. The highest BCUT2D eigenvalue weighted by molar-refractivity contribution is 6.30. The number of benzene rings is 1. The van der Waals surface area contributed by atoms with Crippen LogP contribution in [-0.2, 0) is 11.3 Å². The maximum Gasteiger partial charge on any atom is 0.134 e. The van der Waals surface area contributed by atoms with Gasteiger partial charge in [-0.05, 0) is 25.1 Å². The highest BCUT2D eigenvalue weighted by atomic mass is 35.5. The maximum atomic E-state index is 6.34. The molecule has 0 N–H and O–H groups in total. The van der Waals surface area contributed by atoms with E-state index in [9.17, 15) is 0 Å². The molecular weight excluding hydrogens is 288 g/mol. The van der Waals surface area contributed by atoms with Crippen molar-refractivity contribution in [1.29, 1.82) is 0 Å². The summed E-state index contributed by atoms with van der Waals surface area (Å²) in [6, 6.07) is 7.98. The molecule has 4 nitrogen and oxygen atoms in total. The van der Waals surface area contributed by atoms with Crippen molar-refractivity contribution in [3.05, 3.63) is 35.0 Å². The summed E-state index contributed by atoms with van der Waals surface area (Å²) >= 11 is 6.34.